The Morgan fingerprint density at radius 3 is 2.42 bits per heavy atom. The van der Waals surface area contributed by atoms with Gasteiger partial charge < -0.3 is 15.5 Å². The van der Waals surface area contributed by atoms with E-state index in [2.05, 4.69) is 46.7 Å². The van der Waals surface area contributed by atoms with Crippen LogP contribution in [0.2, 0.25) is 0 Å². The van der Waals surface area contributed by atoms with Crippen molar-refractivity contribution in [1.82, 2.24) is 10.6 Å². The van der Waals surface area contributed by atoms with E-state index in [-0.39, 0.29) is 0 Å². The third-order valence-corrected chi connectivity index (χ3v) is 4.43. The highest BCUT2D eigenvalue weighted by Crippen LogP contribution is 2.20. The highest BCUT2D eigenvalue weighted by Gasteiger charge is 2.23. The second-order valence-corrected chi connectivity index (χ2v) is 5.95. The molecular weight excluding hydrogens is 234 g/mol. The summed E-state index contributed by atoms with van der Waals surface area (Å²) in [6, 6.07) is 10.4. The van der Waals surface area contributed by atoms with E-state index in [9.17, 15) is 0 Å². The lowest BCUT2D eigenvalue weighted by molar-refractivity contribution is 0.375. The van der Waals surface area contributed by atoms with Crippen LogP contribution >= 0.6 is 0 Å². The van der Waals surface area contributed by atoms with Crippen LogP contribution in [-0.2, 0) is 0 Å². The van der Waals surface area contributed by atoms with Crippen LogP contribution in [0.15, 0.2) is 24.3 Å². The van der Waals surface area contributed by atoms with E-state index in [1.54, 1.807) is 0 Å². The lowest BCUT2D eigenvalue weighted by Gasteiger charge is -2.35. The SMILES string of the molecule is Cc1ccc(N2CCC(NC3CCNC3)CC2)cc1. The van der Waals surface area contributed by atoms with Crippen molar-refractivity contribution in [1.29, 1.82) is 0 Å². The van der Waals surface area contributed by atoms with Gasteiger partial charge in [-0.1, -0.05) is 17.7 Å². The molecule has 2 saturated heterocycles. The first kappa shape index (κ1) is 12.9. The summed E-state index contributed by atoms with van der Waals surface area (Å²) in [5.41, 5.74) is 2.72. The molecule has 1 unspecified atom stereocenters. The highest BCUT2D eigenvalue weighted by molar-refractivity contribution is 5.47. The number of nitrogens with one attached hydrogen (secondary N) is 2. The maximum atomic E-state index is 3.81. The zero-order valence-electron chi connectivity index (χ0n) is 11.9. The van der Waals surface area contributed by atoms with Crippen LogP contribution in [0.25, 0.3) is 0 Å². The summed E-state index contributed by atoms with van der Waals surface area (Å²) < 4.78 is 0. The van der Waals surface area contributed by atoms with Crippen molar-refractivity contribution >= 4 is 5.69 Å². The fourth-order valence-corrected chi connectivity index (χ4v) is 3.19. The molecule has 104 valence electrons. The summed E-state index contributed by atoms with van der Waals surface area (Å²) in [6.45, 7) is 6.84. The van der Waals surface area contributed by atoms with E-state index in [1.165, 1.54) is 50.1 Å². The molecule has 3 rings (SSSR count). The molecule has 1 atom stereocenters. The van der Waals surface area contributed by atoms with Crippen LogP contribution in [0.4, 0.5) is 5.69 Å². The van der Waals surface area contributed by atoms with Crippen LogP contribution in [0.5, 0.6) is 0 Å². The second kappa shape index (κ2) is 5.93. The van der Waals surface area contributed by atoms with E-state index < -0.39 is 0 Å². The van der Waals surface area contributed by atoms with E-state index in [0.717, 1.165) is 6.54 Å². The van der Waals surface area contributed by atoms with Gasteiger partial charge in [0.25, 0.3) is 0 Å². The molecule has 0 saturated carbocycles. The molecule has 2 aliphatic rings. The lowest BCUT2D eigenvalue weighted by Crippen LogP contribution is -2.46. The van der Waals surface area contributed by atoms with Gasteiger partial charge in [-0.05, 0) is 44.9 Å². The Hall–Kier alpha value is -1.06. The molecule has 0 radical (unpaired) electrons. The van der Waals surface area contributed by atoms with Crippen LogP contribution in [0.3, 0.4) is 0 Å². The molecule has 3 heteroatoms. The molecule has 2 fully saturated rings. The molecule has 0 amide bonds. The minimum Gasteiger partial charge on any atom is -0.371 e. The zero-order valence-corrected chi connectivity index (χ0v) is 11.9. The van der Waals surface area contributed by atoms with Crippen LogP contribution in [-0.4, -0.2) is 38.3 Å². The topological polar surface area (TPSA) is 27.3 Å². The van der Waals surface area contributed by atoms with Crippen molar-refractivity contribution in [2.24, 2.45) is 0 Å². The minimum absolute atomic E-state index is 0.705. The fourth-order valence-electron chi connectivity index (χ4n) is 3.19. The monoisotopic (exact) mass is 259 g/mol. The molecular formula is C16H25N3. The standard InChI is InChI=1S/C16H25N3/c1-13-2-4-16(5-3-13)19-10-7-14(8-11-19)18-15-6-9-17-12-15/h2-5,14-15,17-18H,6-12H2,1H3. The Kier molecular flexibility index (Phi) is 4.04. The quantitative estimate of drug-likeness (QED) is 0.868. The van der Waals surface area contributed by atoms with Gasteiger partial charge >= 0.3 is 0 Å². The largest absolute Gasteiger partial charge is 0.371 e. The van der Waals surface area contributed by atoms with Crippen LogP contribution in [0, 0.1) is 6.92 Å². The molecule has 0 aromatic heterocycles. The van der Waals surface area contributed by atoms with Crippen LogP contribution in [0.1, 0.15) is 24.8 Å². The molecule has 2 N–H and O–H groups in total. The van der Waals surface area contributed by atoms with E-state index in [0.29, 0.717) is 12.1 Å². The van der Waals surface area contributed by atoms with Crippen molar-refractivity contribution in [3.05, 3.63) is 29.8 Å². The first-order chi connectivity index (χ1) is 9.31. The molecule has 0 spiro atoms. The van der Waals surface area contributed by atoms with E-state index >= 15 is 0 Å². The van der Waals surface area contributed by atoms with Gasteiger partial charge in [0, 0.05) is 37.4 Å². The number of anilines is 1. The average molecular weight is 259 g/mol. The van der Waals surface area contributed by atoms with Gasteiger partial charge in [-0.25, -0.2) is 0 Å². The number of nitrogens with zero attached hydrogens (tertiary/aromatic N) is 1. The van der Waals surface area contributed by atoms with Crippen molar-refractivity contribution in [2.75, 3.05) is 31.1 Å². The predicted molar refractivity (Wildman–Crippen MR) is 80.8 cm³/mol. The molecule has 0 bridgehead atoms. The van der Waals surface area contributed by atoms with Crippen molar-refractivity contribution in [3.63, 3.8) is 0 Å². The first-order valence-electron chi connectivity index (χ1n) is 7.59. The lowest BCUT2D eigenvalue weighted by atomic mass is 10.0. The van der Waals surface area contributed by atoms with Crippen molar-refractivity contribution in [3.8, 4) is 0 Å². The maximum absolute atomic E-state index is 3.81. The summed E-state index contributed by atoms with van der Waals surface area (Å²) in [5, 5.41) is 7.24. The summed E-state index contributed by atoms with van der Waals surface area (Å²) in [4.78, 5) is 2.52. The normalized spacial score (nSPS) is 24.9. The number of aryl methyl sites for hydroxylation is 1. The maximum Gasteiger partial charge on any atom is 0.0366 e. The number of rotatable bonds is 3. The third-order valence-electron chi connectivity index (χ3n) is 4.43. The van der Waals surface area contributed by atoms with Gasteiger partial charge in [0.1, 0.15) is 0 Å². The summed E-state index contributed by atoms with van der Waals surface area (Å²) in [7, 11) is 0. The summed E-state index contributed by atoms with van der Waals surface area (Å²) in [5.74, 6) is 0. The highest BCUT2D eigenvalue weighted by atomic mass is 15.2. The Bertz CT molecular complexity index is 387. The smallest absolute Gasteiger partial charge is 0.0366 e. The van der Waals surface area contributed by atoms with Gasteiger partial charge in [0.05, 0.1) is 0 Å². The molecule has 1 aromatic carbocycles. The van der Waals surface area contributed by atoms with Gasteiger partial charge in [0.15, 0.2) is 0 Å². The first-order valence-corrected chi connectivity index (χ1v) is 7.59. The van der Waals surface area contributed by atoms with Gasteiger partial charge in [-0.2, -0.15) is 0 Å². The van der Waals surface area contributed by atoms with Gasteiger partial charge in [-0.15, -0.1) is 0 Å². The number of benzene rings is 1. The van der Waals surface area contributed by atoms with Crippen molar-refractivity contribution < 1.29 is 0 Å². The number of piperidine rings is 1. The third kappa shape index (κ3) is 3.28. The number of hydrogen-bond donors (Lipinski definition) is 2. The fraction of sp³-hybridized carbons (Fsp3) is 0.625. The average Bonchev–Trinajstić information content (AvgIpc) is 2.94. The van der Waals surface area contributed by atoms with Gasteiger partial charge in [-0.3, -0.25) is 0 Å². The Labute approximate surface area is 116 Å². The molecule has 19 heavy (non-hydrogen) atoms. The Balaban J connectivity index is 1.50. The molecule has 0 aliphatic carbocycles. The molecule has 2 aliphatic heterocycles. The van der Waals surface area contributed by atoms with Crippen molar-refractivity contribution in [2.45, 2.75) is 38.3 Å². The van der Waals surface area contributed by atoms with E-state index in [4.69, 9.17) is 0 Å². The summed E-state index contributed by atoms with van der Waals surface area (Å²) >= 11 is 0. The molecule has 3 nitrogen and oxygen atoms in total. The molecule has 2 heterocycles. The van der Waals surface area contributed by atoms with E-state index in [1.807, 2.05) is 0 Å². The minimum atomic E-state index is 0.705. The Morgan fingerprint density at radius 2 is 1.79 bits per heavy atom. The second-order valence-electron chi connectivity index (χ2n) is 5.95. The van der Waals surface area contributed by atoms with Crippen LogP contribution < -0.4 is 15.5 Å². The van der Waals surface area contributed by atoms with Gasteiger partial charge in [0.2, 0.25) is 0 Å². The molecule has 1 aromatic rings. The summed E-state index contributed by atoms with van der Waals surface area (Å²) in [6.07, 6.45) is 3.83. The zero-order chi connectivity index (χ0) is 13.1. The Morgan fingerprint density at radius 1 is 1.05 bits per heavy atom. The number of hydrogen-bond acceptors (Lipinski definition) is 3. The predicted octanol–water partition coefficient (Wildman–Crippen LogP) is 1.92.